The molecule has 0 aliphatic carbocycles. The van der Waals surface area contributed by atoms with Crippen molar-refractivity contribution in [3.8, 4) is 32.4 Å². The van der Waals surface area contributed by atoms with Crippen LogP contribution < -0.4 is 18.9 Å². The Morgan fingerprint density at radius 1 is 0.625 bits per heavy atom. The van der Waals surface area contributed by atoms with Crippen molar-refractivity contribution in [2.75, 3.05) is 23.7 Å². The molecule has 6 aromatic rings. The quantitative estimate of drug-likeness (QED) is 0.137. The Kier molecular flexibility index (Phi) is 11.0. The average molecular weight is 859 g/mol. The van der Waals surface area contributed by atoms with Gasteiger partial charge in [0.15, 0.2) is 0 Å². The number of halogens is 2. The first kappa shape index (κ1) is 35.6. The van der Waals surface area contributed by atoms with Gasteiger partial charge in [0.05, 0.1) is 25.6 Å². The first-order valence-electron chi connectivity index (χ1n) is 13.6. The fraction of sp³-hybridized carbons (Fsp3) is 0.133. The minimum absolute atomic E-state index is 0.0553. The van der Waals surface area contributed by atoms with Gasteiger partial charge in [-0.15, -0.1) is 22.7 Å². The van der Waals surface area contributed by atoms with E-state index in [1.807, 2.05) is 48.5 Å². The van der Waals surface area contributed by atoms with Crippen molar-refractivity contribution in [2.24, 2.45) is 0 Å². The Morgan fingerprint density at radius 2 is 1.00 bits per heavy atom. The molecule has 0 fully saturated rings. The summed E-state index contributed by atoms with van der Waals surface area (Å²) in [7, 11) is -4.37. The third-order valence-corrected chi connectivity index (χ3v) is 14.2. The molecule has 0 saturated heterocycles. The summed E-state index contributed by atoms with van der Waals surface area (Å²) in [6.45, 7) is 3.41. The van der Waals surface area contributed by atoms with E-state index < -0.39 is 20.0 Å². The normalized spacial score (nSPS) is 11.5. The van der Waals surface area contributed by atoms with E-state index in [1.54, 1.807) is 52.3 Å². The third-order valence-electron chi connectivity index (χ3n) is 6.47. The van der Waals surface area contributed by atoms with Crippen LogP contribution in [0.15, 0.2) is 99.2 Å². The van der Waals surface area contributed by atoms with Crippen LogP contribution in [-0.4, -0.2) is 41.4 Å². The van der Waals surface area contributed by atoms with E-state index in [4.69, 9.17) is 18.5 Å². The zero-order chi connectivity index (χ0) is 34.6. The maximum Gasteiger partial charge on any atom is 0.273 e. The van der Waals surface area contributed by atoms with Crippen LogP contribution >= 0.6 is 54.5 Å². The molecule has 0 spiro atoms. The van der Waals surface area contributed by atoms with Crippen molar-refractivity contribution in [1.82, 2.24) is 10.3 Å². The summed E-state index contributed by atoms with van der Waals surface area (Å²) in [6, 6.07) is 21.5. The van der Waals surface area contributed by atoms with E-state index in [0.29, 0.717) is 31.8 Å². The summed E-state index contributed by atoms with van der Waals surface area (Å²) < 4.78 is 76.8. The van der Waals surface area contributed by atoms with E-state index in [0.717, 1.165) is 43.6 Å². The fourth-order valence-corrected chi connectivity index (χ4v) is 9.52. The Bertz CT molecular complexity index is 2120. The molecular weight excluding hydrogens is 832 g/mol. The number of nitrogens with one attached hydrogen (secondary N) is 2. The van der Waals surface area contributed by atoms with Gasteiger partial charge in [-0.3, -0.25) is 0 Å². The maximum atomic E-state index is 12.5. The maximum absolute atomic E-state index is 12.5. The van der Waals surface area contributed by atoms with Gasteiger partial charge in [0.1, 0.15) is 28.9 Å². The summed E-state index contributed by atoms with van der Waals surface area (Å²) in [4.78, 5) is 1.58. The predicted molar refractivity (Wildman–Crippen MR) is 192 cm³/mol. The first-order valence-corrected chi connectivity index (χ1v) is 19.8. The third kappa shape index (κ3) is 7.79. The van der Waals surface area contributed by atoms with Crippen molar-refractivity contribution in [2.45, 2.75) is 22.3 Å². The fourth-order valence-electron chi connectivity index (χ4n) is 4.10. The van der Waals surface area contributed by atoms with Crippen molar-refractivity contribution in [1.29, 1.82) is 0 Å². The van der Waals surface area contributed by atoms with Gasteiger partial charge >= 0.3 is 0 Å². The highest BCUT2D eigenvalue weighted by Gasteiger charge is 2.24. The van der Waals surface area contributed by atoms with Crippen molar-refractivity contribution in [3.05, 3.63) is 93.1 Å². The van der Waals surface area contributed by atoms with Crippen LogP contribution in [0.2, 0.25) is 0 Å². The van der Waals surface area contributed by atoms with Crippen LogP contribution in [0.1, 0.15) is 11.4 Å². The standard InChI is InChI=1S/2C15H13BrN2O4S2/c2*1-9-14(16)15(22-17-9)18-24(19,20)13-8-7-12(23-13)10-5-3-4-6-11(10)21-2/h2*3-8,18H,1-2H3. The lowest BCUT2D eigenvalue weighted by atomic mass is 10.2. The van der Waals surface area contributed by atoms with Gasteiger partial charge in [0.2, 0.25) is 0 Å². The van der Waals surface area contributed by atoms with Crippen LogP contribution in [0.3, 0.4) is 0 Å². The van der Waals surface area contributed by atoms with E-state index in [2.05, 4.69) is 51.6 Å². The molecule has 0 bridgehead atoms. The highest BCUT2D eigenvalue weighted by Crippen LogP contribution is 2.39. The van der Waals surface area contributed by atoms with Crippen LogP contribution in [0.25, 0.3) is 20.9 Å². The minimum Gasteiger partial charge on any atom is -0.496 e. The SMILES string of the molecule is COc1ccccc1-c1ccc(S(=O)(=O)Nc2onc(C)c2Br)s1.COc1ccccc1-c1ccc(S(=O)(=O)Nc2onc(C)c2Br)s1. The number of para-hydroxylation sites is 2. The summed E-state index contributed by atoms with van der Waals surface area (Å²) in [6.07, 6.45) is 0. The second-order valence-electron chi connectivity index (χ2n) is 9.67. The number of aryl methyl sites for hydroxylation is 2. The number of hydrogen-bond acceptors (Lipinski definition) is 12. The first-order chi connectivity index (χ1) is 22.8. The van der Waals surface area contributed by atoms with Crippen LogP contribution in [0.5, 0.6) is 11.5 Å². The largest absolute Gasteiger partial charge is 0.496 e. The average Bonchev–Trinajstić information content (AvgIpc) is 3.89. The van der Waals surface area contributed by atoms with Crippen LogP contribution in [0, 0.1) is 13.8 Å². The molecule has 4 heterocycles. The number of methoxy groups -OCH3 is 2. The van der Waals surface area contributed by atoms with E-state index >= 15 is 0 Å². The highest BCUT2D eigenvalue weighted by atomic mass is 79.9. The molecule has 12 nitrogen and oxygen atoms in total. The molecule has 0 saturated carbocycles. The molecule has 0 radical (unpaired) electrons. The molecule has 0 aliphatic rings. The van der Waals surface area contributed by atoms with Gasteiger partial charge in [-0.25, -0.2) is 26.3 Å². The Balaban J connectivity index is 0.000000188. The van der Waals surface area contributed by atoms with Gasteiger partial charge in [-0.1, -0.05) is 34.6 Å². The van der Waals surface area contributed by atoms with Crippen LogP contribution in [0.4, 0.5) is 11.8 Å². The Morgan fingerprint density at radius 3 is 1.33 bits per heavy atom. The molecule has 0 amide bonds. The van der Waals surface area contributed by atoms with Crippen LogP contribution in [-0.2, 0) is 20.0 Å². The topological polar surface area (TPSA) is 163 Å². The minimum atomic E-state index is -3.77. The molecule has 2 aromatic carbocycles. The molecule has 2 N–H and O–H groups in total. The number of sulfonamides is 2. The van der Waals surface area contributed by atoms with Gasteiger partial charge in [0.25, 0.3) is 31.8 Å². The molecular formula is C30H26Br2N4O8S4. The summed E-state index contributed by atoms with van der Waals surface area (Å²) in [5.74, 6) is 1.48. The zero-order valence-electron chi connectivity index (χ0n) is 25.5. The Hall–Kier alpha value is -3.68. The predicted octanol–water partition coefficient (Wildman–Crippen LogP) is 8.57. The van der Waals surface area contributed by atoms with Gasteiger partial charge in [-0.2, -0.15) is 0 Å². The lowest BCUT2D eigenvalue weighted by Gasteiger charge is -2.05. The number of hydrogen-bond donors (Lipinski definition) is 2. The molecule has 48 heavy (non-hydrogen) atoms. The van der Waals surface area contributed by atoms with Crippen molar-refractivity contribution >= 4 is 86.3 Å². The number of ether oxygens (including phenoxy) is 2. The molecule has 6 rings (SSSR count). The number of anilines is 2. The zero-order valence-corrected chi connectivity index (χ0v) is 31.9. The Labute approximate surface area is 301 Å². The lowest BCUT2D eigenvalue weighted by Crippen LogP contribution is -2.11. The molecule has 4 aromatic heterocycles. The number of thiophene rings is 2. The van der Waals surface area contributed by atoms with Crippen molar-refractivity contribution < 1.29 is 35.4 Å². The number of nitrogens with zero attached hydrogens (tertiary/aromatic N) is 2. The summed E-state index contributed by atoms with van der Waals surface area (Å²) in [5, 5.41) is 7.42. The molecule has 0 aliphatic heterocycles. The molecule has 0 unspecified atom stereocenters. The molecule has 18 heteroatoms. The number of rotatable bonds is 10. The smallest absolute Gasteiger partial charge is 0.273 e. The lowest BCUT2D eigenvalue weighted by molar-refractivity contribution is 0.416. The summed E-state index contributed by atoms with van der Waals surface area (Å²) in [5.41, 5.74) is 2.80. The van der Waals surface area contributed by atoms with Gasteiger partial charge < -0.3 is 18.5 Å². The van der Waals surface area contributed by atoms with Gasteiger partial charge in [0, 0.05) is 20.9 Å². The monoisotopic (exact) mass is 856 g/mol. The van der Waals surface area contributed by atoms with E-state index in [9.17, 15) is 16.8 Å². The second-order valence-corrected chi connectivity index (χ2v) is 17.2. The van der Waals surface area contributed by atoms with Crippen molar-refractivity contribution in [3.63, 3.8) is 0 Å². The van der Waals surface area contributed by atoms with E-state index in [1.165, 1.54) is 0 Å². The highest BCUT2D eigenvalue weighted by molar-refractivity contribution is 9.11. The van der Waals surface area contributed by atoms with Gasteiger partial charge in [-0.05, 0) is 94.2 Å². The molecule has 0 atom stereocenters. The summed E-state index contributed by atoms with van der Waals surface area (Å²) >= 11 is 8.77. The second kappa shape index (κ2) is 14.8. The van der Waals surface area contributed by atoms with E-state index in [-0.39, 0.29) is 20.2 Å². The molecule has 252 valence electrons. The number of benzene rings is 2. The number of aromatic nitrogens is 2.